The van der Waals surface area contributed by atoms with E-state index < -0.39 is 0 Å². The highest BCUT2D eigenvalue weighted by Gasteiger charge is 2.25. The fourth-order valence-electron chi connectivity index (χ4n) is 3.70. The van der Waals surface area contributed by atoms with E-state index in [9.17, 15) is 4.79 Å². The van der Waals surface area contributed by atoms with Crippen LogP contribution in [0.25, 0.3) is 22.0 Å². The number of piperazine rings is 1. The number of halogens is 1. The van der Waals surface area contributed by atoms with Gasteiger partial charge in [0.05, 0.1) is 6.54 Å². The number of benzene rings is 2. The molecule has 0 unspecified atom stereocenters. The first-order valence-electron chi connectivity index (χ1n) is 10.7. The number of thiazole rings is 1. The molecule has 9 heteroatoms. The fourth-order valence-corrected chi connectivity index (χ4v) is 4.62. The van der Waals surface area contributed by atoms with Crippen molar-refractivity contribution in [3.05, 3.63) is 76.1 Å². The summed E-state index contributed by atoms with van der Waals surface area (Å²) in [7, 11) is 0. The molecule has 33 heavy (non-hydrogen) atoms. The average molecular weight is 480 g/mol. The van der Waals surface area contributed by atoms with E-state index in [1.165, 1.54) is 16.9 Å². The average Bonchev–Trinajstić information content (AvgIpc) is 3.51. The molecule has 1 aliphatic heterocycles. The van der Waals surface area contributed by atoms with Gasteiger partial charge in [-0.2, -0.15) is 4.98 Å². The standard InChI is InChI=1S/C24H22ClN5O2S/c1-16-2-4-17(5-3-16)22-27-21(32-28-22)14-29-10-12-30(13-11-29)24(31)20-15-33-23(26-20)18-6-8-19(25)9-7-18/h2-9,15H,10-14H2,1H3. The van der Waals surface area contributed by atoms with Crippen molar-refractivity contribution in [2.24, 2.45) is 0 Å². The van der Waals surface area contributed by atoms with Crippen LogP contribution in [0.5, 0.6) is 0 Å². The van der Waals surface area contributed by atoms with E-state index in [1.54, 1.807) is 0 Å². The summed E-state index contributed by atoms with van der Waals surface area (Å²) in [6.45, 7) is 5.35. The predicted molar refractivity (Wildman–Crippen MR) is 128 cm³/mol. The normalized spacial score (nSPS) is 14.5. The molecule has 0 spiro atoms. The van der Waals surface area contributed by atoms with Crippen LogP contribution in [-0.2, 0) is 6.54 Å². The number of carbonyl (C=O) groups excluding carboxylic acids is 1. The van der Waals surface area contributed by atoms with Crippen molar-refractivity contribution in [3.8, 4) is 22.0 Å². The van der Waals surface area contributed by atoms with Crippen LogP contribution < -0.4 is 0 Å². The first kappa shape index (κ1) is 21.8. The summed E-state index contributed by atoms with van der Waals surface area (Å²) in [5.41, 5.74) is 3.57. The lowest BCUT2D eigenvalue weighted by Crippen LogP contribution is -2.48. The first-order valence-corrected chi connectivity index (χ1v) is 11.9. The molecule has 1 aliphatic rings. The summed E-state index contributed by atoms with van der Waals surface area (Å²) < 4.78 is 5.45. The number of nitrogens with zero attached hydrogens (tertiary/aromatic N) is 5. The zero-order chi connectivity index (χ0) is 22.8. The summed E-state index contributed by atoms with van der Waals surface area (Å²) in [5.74, 6) is 1.14. The van der Waals surface area contributed by atoms with Crippen LogP contribution in [-0.4, -0.2) is 57.0 Å². The SMILES string of the molecule is Cc1ccc(-c2noc(CN3CCN(C(=O)c4csc(-c5ccc(Cl)cc5)n4)CC3)n2)cc1. The molecule has 0 saturated carbocycles. The molecule has 0 bridgehead atoms. The maximum atomic E-state index is 12.9. The Kier molecular flexibility index (Phi) is 6.22. The molecule has 2 aromatic carbocycles. The van der Waals surface area contributed by atoms with Gasteiger partial charge in [-0.25, -0.2) is 4.98 Å². The largest absolute Gasteiger partial charge is 0.338 e. The summed E-state index contributed by atoms with van der Waals surface area (Å²) in [4.78, 5) is 26.1. The molecule has 1 amide bonds. The van der Waals surface area contributed by atoms with E-state index in [2.05, 4.69) is 20.0 Å². The smallest absolute Gasteiger partial charge is 0.273 e. The molecule has 2 aromatic heterocycles. The van der Waals surface area contributed by atoms with Crippen molar-refractivity contribution in [1.29, 1.82) is 0 Å². The topological polar surface area (TPSA) is 75.4 Å². The lowest BCUT2D eigenvalue weighted by Gasteiger charge is -2.33. The van der Waals surface area contributed by atoms with Crippen LogP contribution in [0, 0.1) is 6.92 Å². The van der Waals surface area contributed by atoms with E-state index >= 15 is 0 Å². The first-order chi connectivity index (χ1) is 16.0. The highest BCUT2D eigenvalue weighted by Crippen LogP contribution is 2.26. The third-order valence-corrected chi connectivity index (χ3v) is 6.75. The minimum Gasteiger partial charge on any atom is -0.338 e. The van der Waals surface area contributed by atoms with Gasteiger partial charge in [-0.05, 0) is 19.1 Å². The number of aromatic nitrogens is 3. The molecular weight excluding hydrogens is 458 g/mol. The van der Waals surface area contributed by atoms with Crippen LogP contribution in [0.3, 0.4) is 0 Å². The second-order valence-corrected chi connectivity index (χ2v) is 9.29. The maximum absolute atomic E-state index is 12.9. The van der Waals surface area contributed by atoms with E-state index in [-0.39, 0.29) is 5.91 Å². The number of carbonyl (C=O) groups is 1. The molecule has 0 atom stereocenters. The Bertz CT molecular complexity index is 1240. The van der Waals surface area contributed by atoms with Gasteiger partial charge in [0.15, 0.2) is 0 Å². The molecule has 168 valence electrons. The molecule has 1 fully saturated rings. The molecule has 5 rings (SSSR count). The van der Waals surface area contributed by atoms with E-state index in [0.29, 0.717) is 42.1 Å². The van der Waals surface area contributed by atoms with Crippen LogP contribution in [0.1, 0.15) is 21.9 Å². The summed E-state index contributed by atoms with van der Waals surface area (Å²) in [6.07, 6.45) is 0. The third kappa shape index (κ3) is 4.98. The quantitative estimate of drug-likeness (QED) is 0.410. The van der Waals surface area contributed by atoms with Gasteiger partial charge in [0.25, 0.3) is 5.91 Å². The van der Waals surface area contributed by atoms with Gasteiger partial charge < -0.3 is 9.42 Å². The Balaban J connectivity index is 1.16. The van der Waals surface area contributed by atoms with Crippen molar-refractivity contribution >= 4 is 28.8 Å². The highest BCUT2D eigenvalue weighted by molar-refractivity contribution is 7.13. The second kappa shape index (κ2) is 9.43. The number of amides is 1. The zero-order valence-electron chi connectivity index (χ0n) is 18.1. The highest BCUT2D eigenvalue weighted by atomic mass is 35.5. The Hall–Kier alpha value is -3.07. The van der Waals surface area contributed by atoms with E-state index in [4.69, 9.17) is 16.1 Å². The molecule has 7 nitrogen and oxygen atoms in total. The van der Waals surface area contributed by atoms with Crippen molar-refractivity contribution in [1.82, 2.24) is 24.9 Å². The van der Waals surface area contributed by atoms with Crippen molar-refractivity contribution < 1.29 is 9.32 Å². The van der Waals surface area contributed by atoms with Gasteiger partial charge in [0.1, 0.15) is 10.7 Å². The Morgan fingerprint density at radius 3 is 2.42 bits per heavy atom. The van der Waals surface area contributed by atoms with E-state index in [1.807, 2.05) is 65.7 Å². The van der Waals surface area contributed by atoms with Gasteiger partial charge in [-0.15, -0.1) is 11.3 Å². The third-order valence-electron chi connectivity index (χ3n) is 5.61. The molecule has 0 aliphatic carbocycles. The van der Waals surface area contributed by atoms with Crippen LogP contribution in [0.2, 0.25) is 5.02 Å². The van der Waals surface area contributed by atoms with Gasteiger partial charge in [-0.1, -0.05) is 58.7 Å². The summed E-state index contributed by atoms with van der Waals surface area (Å²) >= 11 is 7.42. The Morgan fingerprint density at radius 2 is 1.70 bits per heavy atom. The van der Waals surface area contributed by atoms with Gasteiger partial charge in [-0.3, -0.25) is 9.69 Å². The molecule has 4 aromatic rings. The monoisotopic (exact) mass is 479 g/mol. The van der Waals surface area contributed by atoms with Crippen LogP contribution in [0.15, 0.2) is 58.4 Å². The molecule has 0 N–H and O–H groups in total. The lowest BCUT2D eigenvalue weighted by molar-refractivity contribution is 0.0610. The van der Waals surface area contributed by atoms with Crippen molar-refractivity contribution in [2.75, 3.05) is 26.2 Å². The van der Waals surface area contributed by atoms with Gasteiger partial charge in [0.2, 0.25) is 11.7 Å². The number of rotatable bonds is 5. The number of aryl methyl sites for hydroxylation is 1. The molecule has 3 heterocycles. The Morgan fingerprint density at radius 1 is 1.00 bits per heavy atom. The van der Waals surface area contributed by atoms with Crippen molar-refractivity contribution in [3.63, 3.8) is 0 Å². The second-order valence-electron chi connectivity index (χ2n) is 7.99. The minimum absolute atomic E-state index is 0.0365. The molecular formula is C24H22ClN5O2S. The van der Waals surface area contributed by atoms with Gasteiger partial charge in [0, 0.05) is 47.7 Å². The zero-order valence-corrected chi connectivity index (χ0v) is 19.6. The molecule has 0 radical (unpaired) electrons. The summed E-state index contributed by atoms with van der Waals surface area (Å²) in [6, 6.07) is 15.5. The van der Waals surface area contributed by atoms with Crippen molar-refractivity contribution in [2.45, 2.75) is 13.5 Å². The fraction of sp³-hybridized carbons (Fsp3) is 0.250. The number of hydrogen-bond acceptors (Lipinski definition) is 7. The Labute approximate surface area is 200 Å². The predicted octanol–water partition coefficient (Wildman–Crippen LogP) is 4.78. The minimum atomic E-state index is -0.0365. The number of hydrogen-bond donors (Lipinski definition) is 0. The van der Waals surface area contributed by atoms with E-state index in [0.717, 1.165) is 29.2 Å². The van der Waals surface area contributed by atoms with Crippen LogP contribution >= 0.6 is 22.9 Å². The van der Waals surface area contributed by atoms with Crippen LogP contribution in [0.4, 0.5) is 0 Å². The lowest BCUT2D eigenvalue weighted by atomic mass is 10.1. The molecule has 1 saturated heterocycles. The summed E-state index contributed by atoms with van der Waals surface area (Å²) in [5, 5.41) is 7.42. The van der Waals surface area contributed by atoms with Gasteiger partial charge >= 0.3 is 0 Å². The maximum Gasteiger partial charge on any atom is 0.273 e.